The van der Waals surface area contributed by atoms with E-state index in [9.17, 15) is 14.7 Å². The van der Waals surface area contributed by atoms with Crippen molar-refractivity contribution >= 4 is 28.2 Å². The molecule has 170 valence electrons. The fourth-order valence-corrected chi connectivity index (χ4v) is 4.61. The molecule has 1 amide bonds. The van der Waals surface area contributed by atoms with Gasteiger partial charge in [-0.3, -0.25) is 9.59 Å². The fraction of sp³-hybridized carbons (Fsp3) is 0.286. The first-order chi connectivity index (χ1) is 16.0. The van der Waals surface area contributed by atoms with E-state index < -0.39 is 17.7 Å². The Morgan fingerprint density at radius 1 is 0.939 bits per heavy atom. The lowest BCUT2D eigenvalue weighted by Crippen LogP contribution is -2.38. The molecule has 1 aliphatic heterocycles. The molecule has 1 atom stereocenters. The summed E-state index contributed by atoms with van der Waals surface area (Å²) in [5.74, 6) is -1.32. The second kappa shape index (κ2) is 9.59. The third kappa shape index (κ3) is 4.29. The molecule has 1 saturated heterocycles. The molecule has 0 bridgehead atoms. The van der Waals surface area contributed by atoms with Gasteiger partial charge in [0.25, 0.3) is 11.7 Å². The van der Waals surface area contributed by atoms with Crippen molar-refractivity contribution in [3.05, 3.63) is 89.0 Å². The number of hydrogen-bond acceptors (Lipinski definition) is 4. The molecule has 33 heavy (non-hydrogen) atoms. The van der Waals surface area contributed by atoms with Crippen LogP contribution in [0.4, 0.5) is 0 Å². The van der Waals surface area contributed by atoms with Gasteiger partial charge in [-0.05, 0) is 48.0 Å². The summed E-state index contributed by atoms with van der Waals surface area (Å²) < 4.78 is 0. The molecule has 0 radical (unpaired) electrons. The van der Waals surface area contributed by atoms with Gasteiger partial charge in [-0.1, -0.05) is 74.5 Å². The van der Waals surface area contributed by atoms with Crippen LogP contribution in [0, 0.1) is 6.92 Å². The van der Waals surface area contributed by atoms with Gasteiger partial charge in [0, 0.05) is 18.7 Å². The van der Waals surface area contributed by atoms with Crippen LogP contribution in [0.5, 0.6) is 0 Å². The average Bonchev–Trinajstić information content (AvgIpc) is 3.09. The fourth-order valence-electron chi connectivity index (χ4n) is 4.61. The van der Waals surface area contributed by atoms with Crippen molar-refractivity contribution in [3.8, 4) is 0 Å². The van der Waals surface area contributed by atoms with Crippen LogP contribution in [0.1, 0.15) is 36.6 Å². The lowest BCUT2D eigenvalue weighted by molar-refractivity contribution is -0.140. The van der Waals surface area contributed by atoms with E-state index in [-0.39, 0.29) is 11.3 Å². The van der Waals surface area contributed by atoms with Crippen LogP contribution in [-0.2, 0) is 9.59 Å². The number of carbonyl (C=O) groups excluding carboxylic acids is 2. The van der Waals surface area contributed by atoms with E-state index in [0.717, 1.165) is 35.0 Å². The minimum absolute atomic E-state index is 0.127. The number of aliphatic hydroxyl groups is 1. The molecule has 3 aromatic carbocycles. The van der Waals surface area contributed by atoms with Gasteiger partial charge in [-0.15, -0.1) is 0 Å². The van der Waals surface area contributed by atoms with Crippen molar-refractivity contribution in [1.82, 2.24) is 9.80 Å². The monoisotopic (exact) mass is 442 g/mol. The Morgan fingerprint density at radius 3 is 2.30 bits per heavy atom. The summed E-state index contributed by atoms with van der Waals surface area (Å²) in [4.78, 5) is 30.3. The molecule has 1 aliphatic rings. The number of carbonyl (C=O) groups is 2. The van der Waals surface area contributed by atoms with Crippen molar-refractivity contribution in [3.63, 3.8) is 0 Å². The van der Waals surface area contributed by atoms with E-state index in [4.69, 9.17) is 0 Å². The van der Waals surface area contributed by atoms with E-state index >= 15 is 0 Å². The smallest absolute Gasteiger partial charge is 0.295 e. The zero-order valence-electron chi connectivity index (χ0n) is 19.4. The highest BCUT2D eigenvalue weighted by molar-refractivity contribution is 6.46. The quantitative estimate of drug-likeness (QED) is 0.321. The molecule has 0 aliphatic carbocycles. The highest BCUT2D eigenvalue weighted by atomic mass is 16.3. The van der Waals surface area contributed by atoms with E-state index in [1.807, 2.05) is 67.6 Å². The zero-order valence-corrected chi connectivity index (χ0v) is 19.4. The summed E-state index contributed by atoms with van der Waals surface area (Å²) in [6, 6.07) is 20.6. The Kier molecular flexibility index (Phi) is 6.61. The Hall–Kier alpha value is -3.44. The number of nitrogens with zero attached hydrogens (tertiary/aromatic N) is 2. The predicted molar refractivity (Wildman–Crippen MR) is 132 cm³/mol. The number of Topliss-reactive ketones (excluding diaryl/α,β-unsaturated/α-hetero) is 1. The molecule has 0 aromatic heterocycles. The Bertz CT molecular complexity index is 1230. The summed E-state index contributed by atoms with van der Waals surface area (Å²) in [6.45, 7) is 8.94. The first-order valence-corrected chi connectivity index (χ1v) is 11.5. The first kappa shape index (κ1) is 22.7. The van der Waals surface area contributed by atoms with Crippen molar-refractivity contribution < 1.29 is 14.7 Å². The molecule has 0 spiro atoms. The molecule has 4 rings (SSSR count). The van der Waals surface area contributed by atoms with Crippen molar-refractivity contribution in [1.29, 1.82) is 0 Å². The molecule has 1 unspecified atom stereocenters. The largest absolute Gasteiger partial charge is 0.507 e. The normalized spacial score (nSPS) is 17.9. The summed E-state index contributed by atoms with van der Waals surface area (Å²) in [5, 5.41) is 13.4. The van der Waals surface area contributed by atoms with Crippen LogP contribution in [-0.4, -0.2) is 52.8 Å². The second-order valence-corrected chi connectivity index (χ2v) is 8.44. The van der Waals surface area contributed by atoms with Crippen molar-refractivity contribution in [2.45, 2.75) is 26.8 Å². The third-order valence-electron chi connectivity index (χ3n) is 6.60. The number of benzene rings is 3. The lowest BCUT2D eigenvalue weighted by atomic mass is 9.92. The van der Waals surface area contributed by atoms with Crippen LogP contribution in [0.25, 0.3) is 16.5 Å². The SMILES string of the molecule is CCN(CC)CCN1C(=O)C(=O)/C(=C(/O)c2ccc3ccccc3c2)C1c1ccccc1C. The van der Waals surface area contributed by atoms with Gasteiger partial charge in [0.1, 0.15) is 5.76 Å². The molecule has 1 heterocycles. The van der Waals surface area contributed by atoms with Crippen molar-refractivity contribution in [2.24, 2.45) is 0 Å². The van der Waals surface area contributed by atoms with E-state index in [1.54, 1.807) is 11.0 Å². The zero-order chi connectivity index (χ0) is 23.5. The number of aliphatic hydroxyl groups excluding tert-OH is 1. The molecule has 0 saturated carbocycles. The van der Waals surface area contributed by atoms with E-state index in [1.165, 1.54) is 0 Å². The number of fused-ring (bicyclic) bond motifs is 1. The van der Waals surface area contributed by atoms with Crippen LogP contribution in [0.3, 0.4) is 0 Å². The number of likely N-dealkylation sites (tertiary alicyclic amines) is 1. The second-order valence-electron chi connectivity index (χ2n) is 8.44. The summed E-state index contributed by atoms with van der Waals surface area (Å²) in [7, 11) is 0. The molecule has 3 aromatic rings. The van der Waals surface area contributed by atoms with E-state index in [2.05, 4.69) is 18.7 Å². The Labute approximate surface area is 194 Å². The first-order valence-electron chi connectivity index (χ1n) is 11.5. The number of aryl methyl sites for hydroxylation is 1. The number of ketones is 1. The molecule has 1 fully saturated rings. The van der Waals surface area contributed by atoms with E-state index in [0.29, 0.717) is 18.7 Å². The van der Waals surface area contributed by atoms with Gasteiger partial charge in [0.05, 0.1) is 11.6 Å². The molecular formula is C28H30N2O3. The minimum Gasteiger partial charge on any atom is -0.507 e. The number of hydrogen-bond donors (Lipinski definition) is 1. The molecule has 5 heteroatoms. The van der Waals surface area contributed by atoms with Crippen LogP contribution in [0.15, 0.2) is 72.3 Å². The summed E-state index contributed by atoms with van der Waals surface area (Å²) in [6.07, 6.45) is 0. The van der Waals surface area contributed by atoms with Gasteiger partial charge >= 0.3 is 0 Å². The maximum absolute atomic E-state index is 13.3. The van der Waals surface area contributed by atoms with Crippen molar-refractivity contribution in [2.75, 3.05) is 26.2 Å². The molecular weight excluding hydrogens is 412 g/mol. The van der Waals surface area contributed by atoms with Gasteiger partial charge in [0.15, 0.2) is 0 Å². The third-order valence-corrected chi connectivity index (χ3v) is 6.60. The number of rotatable bonds is 7. The van der Waals surface area contributed by atoms with Gasteiger partial charge in [-0.2, -0.15) is 0 Å². The van der Waals surface area contributed by atoms with Crippen LogP contribution < -0.4 is 0 Å². The summed E-state index contributed by atoms with van der Waals surface area (Å²) in [5.41, 5.74) is 2.53. The predicted octanol–water partition coefficient (Wildman–Crippen LogP) is 4.91. The Balaban J connectivity index is 1.84. The molecule has 5 nitrogen and oxygen atoms in total. The van der Waals surface area contributed by atoms with Crippen LogP contribution in [0.2, 0.25) is 0 Å². The van der Waals surface area contributed by atoms with Gasteiger partial charge in [0.2, 0.25) is 0 Å². The maximum Gasteiger partial charge on any atom is 0.295 e. The number of amides is 1. The lowest BCUT2D eigenvalue weighted by Gasteiger charge is -2.29. The Morgan fingerprint density at radius 2 is 1.61 bits per heavy atom. The van der Waals surface area contributed by atoms with Gasteiger partial charge < -0.3 is 14.9 Å². The highest BCUT2D eigenvalue weighted by Gasteiger charge is 2.46. The average molecular weight is 443 g/mol. The minimum atomic E-state index is -0.631. The summed E-state index contributed by atoms with van der Waals surface area (Å²) >= 11 is 0. The maximum atomic E-state index is 13.3. The number of likely N-dealkylation sites (N-methyl/N-ethyl adjacent to an activating group) is 1. The standard InChI is InChI=1S/C28H30N2O3/c1-4-29(5-2)16-17-30-25(23-13-9-6-10-19(23)3)24(27(32)28(30)33)26(31)22-15-14-20-11-7-8-12-21(20)18-22/h6-15,18,25,31H,4-5,16-17H2,1-3H3/b26-24+. The highest BCUT2D eigenvalue weighted by Crippen LogP contribution is 2.40. The van der Waals surface area contributed by atoms with Gasteiger partial charge in [-0.25, -0.2) is 0 Å². The molecule has 1 N–H and O–H groups in total. The topological polar surface area (TPSA) is 60.9 Å². The van der Waals surface area contributed by atoms with Crippen LogP contribution >= 0.6 is 0 Å².